The lowest BCUT2D eigenvalue weighted by Gasteiger charge is -2.13. The van der Waals surface area contributed by atoms with Crippen LogP contribution in [0.2, 0.25) is 0 Å². The predicted octanol–water partition coefficient (Wildman–Crippen LogP) is 3.35. The summed E-state index contributed by atoms with van der Waals surface area (Å²) in [7, 11) is 0. The molecule has 0 aliphatic rings. The largest absolute Gasteiger partial charge is 0.503 e. The quantitative estimate of drug-likeness (QED) is 0.761. The molecule has 1 rings (SSSR count). The second kappa shape index (κ2) is 4.84. The molecular weight excluding hydrogens is 260 g/mol. The van der Waals surface area contributed by atoms with Crippen molar-refractivity contribution in [2.24, 2.45) is 0 Å². The van der Waals surface area contributed by atoms with Gasteiger partial charge in [-0.05, 0) is 17.7 Å². The molecule has 0 unspecified atom stereocenters. The Morgan fingerprint density at radius 3 is 2.57 bits per heavy atom. The van der Waals surface area contributed by atoms with Crippen molar-refractivity contribution < 1.29 is 17.7 Å². The van der Waals surface area contributed by atoms with Crippen LogP contribution in [-0.4, -0.2) is 13.5 Å². The molecule has 0 aromatic heterocycles. The van der Waals surface area contributed by atoms with Crippen molar-refractivity contribution >= 4 is 22.9 Å². The van der Waals surface area contributed by atoms with Gasteiger partial charge in [0.2, 0.25) is 0 Å². The molecule has 0 bridgehead atoms. The van der Waals surface area contributed by atoms with E-state index >= 15 is 0 Å². The van der Waals surface area contributed by atoms with E-state index in [4.69, 9.17) is 0 Å². The summed E-state index contributed by atoms with van der Waals surface area (Å²) in [5, 5.41) is 0. The summed E-state index contributed by atoms with van der Waals surface area (Å²) < 4.78 is 40.6. The lowest BCUT2D eigenvalue weighted by molar-refractivity contribution is 0.137. The average molecular weight is 268 g/mol. The van der Waals surface area contributed by atoms with Crippen LogP contribution in [0.3, 0.4) is 0 Å². The van der Waals surface area contributed by atoms with Crippen LogP contribution in [0.1, 0.15) is 5.56 Å². The zero-order valence-electron chi connectivity index (χ0n) is 7.22. The molecule has 0 amide bonds. The first kappa shape index (κ1) is 11.6. The van der Waals surface area contributed by atoms with Gasteiger partial charge in [0, 0.05) is 11.0 Å². The highest BCUT2D eigenvalue weighted by Crippen LogP contribution is 2.14. The summed E-state index contributed by atoms with van der Waals surface area (Å²) in [5.74, 6) is 0. The maximum absolute atomic E-state index is 11.8. The van der Waals surface area contributed by atoms with E-state index in [1.807, 2.05) is 0 Å². The molecule has 14 heavy (non-hydrogen) atoms. The Hall–Kier alpha value is -0.485. The number of halogens is 4. The Morgan fingerprint density at radius 1 is 1.29 bits per heavy atom. The van der Waals surface area contributed by atoms with Crippen molar-refractivity contribution in [2.75, 3.05) is 6.51 Å². The molecule has 0 aliphatic heterocycles. The van der Waals surface area contributed by atoms with Gasteiger partial charge in [-0.2, -0.15) is 0 Å². The summed E-state index contributed by atoms with van der Waals surface area (Å²) in [6, 6.07) is 7.00. The zero-order chi connectivity index (χ0) is 10.6. The van der Waals surface area contributed by atoms with Gasteiger partial charge in [-0.3, -0.25) is 0 Å². The molecule has 0 atom stereocenters. The van der Waals surface area contributed by atoms with Crippen molar-refractivity contribution in [2.45, 2.75) is 6.61 Å². The van der Waals surface area contributed by atoms with Crippen LogP contribution in [0, 0.1) is 0 Å². The van der Waals surface area contributed by atoms with Gasteiger partial charge in [0.15, 0.2) is 0 Å². The Balaban J connectivity index is 2.39. The first-order chi connectivity index (χ1) is 6.47. The number of hydrogen-bond acceptors (Lipinski definition) is 1. The van der Waals surface area contributed by atoms with E-state index in [9.17, 15) is 12.9 Å². The SMILES string of the molecule is F[B-](F)(F)COCc1cccc(Br)c1. The van der Waals surface area contributed by atoms with E-state index in [1.165, 1.54) is 0 Å². The van der Waals surface area contributed by atoms with Gasteiger partial charge >= 0.3 is 6.98 Å². The fourth-order valence-corrected chi connectivity index (χ4v) is 1.38. The minimum Gasteiger partial charge on any atom is -0.447 e. The molecule has 0 fully saturated rings. The van der Waals surface area contributed by atoms with Gasteiger partial charge in [-0.25, -0.2) is 0 Å². The topological polar surface area (TPSA) is 9.23 Å². The number of hydrogen-bond donors (Lipinski definition) is 0. The monoisotopic (exact) mass is 267 g/mol. The van der Waals surface area contributed by atoms with Crippen LogP contribution in [-0.2, 0) is 11.3 Å². The summed E-state index contributed by atoms with van der Waals surface area (Å²) >= 11 is 3.22. The Morgan fingerprint density at radius 2 is 2.00 bits per heavy atom. The zero-order valence-corrected chi connectivity index (χ0v) is 8.81. The number of rotatable bonds is 4. The van der Waals surface area contributed by atoms with E-state index in [-0.39, 0.29) is 6.61 Å². The third kappa shape index (κ3) is 4.67. The van der Waals surface area contributed by atoms with Gasteiger partial charge in [0.05, 0.1) is 6.61 Å². The minimum absolute atomic E-state index is 0.0132. The maximum atomic E-state index is 11.8. The van der Waals surface area contributed by atoms with Gasteiger partial charge < -0.3 is 17.7 Å². The molecule has 1 nitrogen and oxygen atoms in total. The second-order valence-electron chi connectivity index (χ2n) is 2.86. The highest BCUT2D eigenvalue weighted by atomic mass is 79.9. The van der Waals surface area contributed by atoms with Crippen molar-refractivity contribution in [1.29, 1.82) is 0 Å². The molecule has 0 aliphatic carbocycles. The van der Waals surface area contributed by atoms with Crippen LogP contribution in [0.25, 0.3) is 0 Å². The van der Waals surface area contributed by atoms with Gasteiger partial charge in [0.25, 0.3) is 0 Å². The Bertz CT molecular complexity index is 303. The molecule has 0 spiro atoms. The van der Waals surface area contributed by atoms with Crippen molar-refractivity contribution in [3.8, 4) is 0 Å². The first-order valence-corrected chi connectivity index (χ1v) is 4.80. The van der Waals surface area contributed by atoms with Gasteiger partial charge in [-0.1, -0.05) is 28.1 Å². The summed E-state index contributed by atoms with van der Waals surface area (Å²) in [4.78, 5) is 0. The fraction of sp³-hybridized carbons (Fsp3) is 0.250. The van der Waals surface area contributed by atoms with E-state index in [1.54, 1.807) is 24.3 Å². The van der Waals surface area contributed by atoms with Crippen LogP contribution >= 0.6 is 15.9 Å². The highest BCUT2D eigenvalue weighted by Gasteiger charge is 2.22. The summed E-state index contributed by atoms with van der Waals surface area (Å²) in [6.45, 7) is -6.00. The van der Waals surface area contributed by atoms with E-state index in [0.717, 1.165) is 10.0 Å². The van der Waals surface area contributed by atoms with Crippen molar-refractivity contribution in [3.63, 3.8) is 0 Å². The number of ether oxygens (including phenoxy) is 1. The average Bonchev–Trinajstić information content (AvgIpc) is 2.01. The fourth-order valence-electron chi connectivity index (χ4n) is 0.937. The molecule has 0 radical (unpaired) electrons. The molecule has 0 saturated carbocycles. The molecule has 0 saturated heterocycles. The van der Waals surface area contributed by atoms with E-state index in [2.05, 4.69) is 20.7 Å². The van der Waals surface area contributed by atoms with Crippen LogP contribution in [0.5, 0.6) is 0 Å². The Kier molecular flexibility index (Phi) is 4.01. The van der Waals surface area contributed by atoms with E-state index in [0.29, 0.717) is 0 Å². The predicted molar refractivity (Wildman–Crippen MR) is 52.9 cm³/mol. The van der Waals surface area contributed by atoms with Crippen LogP contribution < -0.4 is 0 Å². The van der Waals surface area contributed by atoms with Gasteiger partial charge in [0.1, 0.15) is 0 Å². The normalized spacial score (nSPS) is 11.7. The highest BCUT2D eigenvalue weighted by molar-refractivity contribution is 9.10. The minimum atomic E-state index is -4.84. The molecular formula is C8H8BBrF3O-. The Labute approximate surface area is 88.4 Å². The first-order valence-electron chi connectivity index (χ1n) is 4.00. The molecule has 1 aromatic rings. The standard InChI is InChI=1S/C8H8BBrF3O/c10-8-3-1-2-7(4-8)5-14-6-9(11,12)13/h1-4H,5-6H2/q-1. The lowest BCUT2D eigenvalue weighted by Crippen LogP contribution is -2.23. The smallest absolute Gasteiger partial charge is 0.447 e. The molecule has 0 heterocycles. The lowest BCUT2D eigenvalue weighted by atomic mass is 9.95. The molecule has 6 heteroatoms. The molecule has 1 aromatic carbocycles. The van der Waals surface area contributed by atoms with Crippen molar-refractivity contribution in [3.05, 3.63) is 34.3 Å². The summed E-state index contributed by atoms with van der Waals surface area (Å²) in [6.07, 6.45) is 0. The second-order valence-corrected chi connectivity index (χ2v) is 3.77. The maximum Gasteiger partial charge on any atom is 0.503 e. The van der Waals surface area contributed by atoms with E-state index < -0.39 is 13.5 Å². The molecule has 0 N–H and O–H groups in total. The third-order valence-corrected chi connectivity index (χ3v) is 1.96. The van der Waals surface area contributed by atoms with Gasteiger partial charge in [-0.15, -0.1) is 0 Å². The van der Waals surface area contributed by atoms with Crippen LogP contribution in [0.15, 0.2) is 28.7 Å². The third-order valence-electron chi connectivity index (χ3n) is 1.46. The van der Waals surface area contributed by atoms with Crippen LogP contribution in [0.4, 0.5) is 12.9 Å². The summed E-state index contributed by atoms with van der Waals surface area (Å²) in [5.41, 5.74) is 0.722. The molecule has 78 valence electrons. The van der Waals surface area contributed by atoms with Crippen molar-refractivity contribution in [1.82, 2.24) is 0 Å². The number of benzene rings is 1.